The third kappa shape index (κ3) is 1.51. The fraction of sp³-hybridized carbons (Fsp3) is 0. The molecule has 72 valence electrons. The number of rotatable bonds is 1. The van der Waals surface area contributed by atoms with Crippen LogP contribution in [0.1, 0.15) is 10.4 Å². The lowest BCUT2D eigenvalue weighted by molar-refractivity contribution is 0.0697. The zero-order chi connectivity index (χ0) is 10.3. The maximum Gasteiger partial charge on any atom is 0.337 e. The number of hydrogen-bond acceptors (Lipinski definition) is 1. The summed E-state index contributed by atoms with van der Waals surface area (Å²) < 4.78 is 2.43. The molecule has 0 aliphatic heterocycles. The van der Waals surface area contributed by atoms with E-state index in [9.17, 15) is 4.79 Å². The smallest absolute Gasteiger partial charge is 0.337 e. The first kappa shape index (κ1) is 9.55. The number of nitrogens with zero attached hydrogens (tertiary/aromatic N) is 1. The lowest BCUT2D eigenvalue weighted by Gasteiger charge is -1.97. The highest BCUT2D eigenvalue weighted by Gasteiger charge is 2.07. The summed E-state index contributed by atoms with van der Waals surface area (Å²) in [6.07, 6.45) is 3.18. The van der Waals surface area contributed by atoms with Crippen molar-refractivity contribution in [2.75, 3.05) is 0 Å². The Morgan fingerprint density at radius 1 is 1.43 bits per heavy atom. The summed E-state index contributed by atoms with van der Waals surface area (Å²) in [5, 5.41) is 9.31. The van der Waals surface area contributed by atoms with E-state index >= 15 is 0 Å². The van der Waals surface area contributed by atoms with Crippen LogP contribution in [-0.2, 0) is 0 Å². The van der Waals surface area contributed by atoms with Crippen LogP contribution in [0.5, 0.6) is 0 Å². The number of carboxylic acid groups (broad SMARTS) is 1. The monoisotopic (exact) mass is 273 g/mol. The van der Waals surface area contributed by atoms with Gasteiger partial charge in [-0.1, -0.05) is 11.6 Å². The van der Waals surface area contributed by atoms with Crippen molar-refractivity contribution in [1.82, 2.24) is 4.40 Å². The highest BCUT2D eigenvalue weighted by molar-refractivity contribution is 9.10. The number of fused-ring (bicyclic) bond motifs is 1. The molecule has 0 aliphatic carbocycles. The summed E-state index contributed by atoms with van der Waals surface area (Å²) in [5.41, 5.74) is 1.04. The third-order valence-corrected chi connectivity index (χ3v) is 3.07. The number of aromatic nitrogens is 1. The second-order valence-corrected chi connectivity index (χ2v) is 4.10. The minimum Gasteiger partial charge on any atom is -0.478 e. The van der Waals surface area contributed by atoms with Crippen LogP contribution in [0.15, 0.2) is 29.0 Å². The Labute approximate surface area is 93.0 Å². The molecule has 2 rings (SSSR count). The topological polar surface area (TPSA) is 41.7 Å². The Bertz CT molecular complexity index is 482. The fourth-order valence-corrected chi connectivity index (χ4v) is 1.72. The van der Waals surface area contributed by atoms with Crippen LogP contribution < -0.4 is 0 Å². The molecule has 0 spiro atoms. The molecule has 0 radical (unpaired) electrons. The molecule has 0 aromatic carbocycles. The number of aromatic carboxylic acids is 1. The average molecular weight is 275 g/mol. The largest absolute Gasteiger partial charge is 0.478 e. The highest BCUT2D eigenvalue weighted by Crippen LogP contribution is 2.24. The average Bonchev–Trinajstić information content (AvgIpc) is 2.48. The molecule has 2 aromatic heterocycles. The second kappa shape index (κ2) is 3.29. The van der Waals surface area contributed by atoms with Crippen LogP contribution in [0.4, 0.5) is 0 Å². The number of halogens is 2. The van der Waals surface area contributed by atoms with Crippen molar-refractivity contribution < 1.29 is 9.90 Å². The van der Waals surface area contributed by atoms with Crippen LogP contribution in [0.25, 0.3) is 5.52 Å². The zero-order valence-corrected chi connectivity index (χ0v) is 9.21. The van der Waals surface area contributed by atoms with Crippen molar-refractivity contribution in [2.45, 2.75) is 0 Å². The molecule has 0 saturated carbocycles. The molecule has 14 heavy (non-hydrogen) atoms. The molecule has 0 atom stereocenters. The van der Waals surface area contributed by atoms with Crippen LogP contribution >= 0.6 is 27.5 Å². The van der Waals surface area contributed by atoms with Gasteiger partial charge in [-0.05, 0) is 28.1 Å². The number of carboxylic acids is 1. The molecule has 2 aromatic rings. The first-order valence-corrected chi connectivity index (χ1v) is 4.95. The van der Waals surface area contributed by atoms with E-state index in [0.29, 0.717) is 5.02 Å². The normalized spacial score (nSPS) is 10.7. The molecule has 0 fully saturated rings. The van der Waals surface area contributed by atoms with Crippen LogP contribution in [-0.4, -0.2) is 15.5 Å². The second-order valence-electron chi connectivity index (χ2n) is 2.84. The highest BCUT2D eigenvalue weighted by atomic mass is 79.9. The predicted octanol–water partition coefficient (Wildman–Crippen LogP) is 3.05. The Kier molecular flexibility index (Phi) is 2.25. The van der Waals surface area contributed by atoms with Gasteiger partial charge in [0.05, 0.1) is 10.6 Å². The Morgan fingerprint density at radius 3 is 2.79 bits per heavy atom. The van der Waals surface area contributed by atoms with Crippen molar-refractivity contribution in [3.8, 4) is 0 Å². The van der Waals surface area contributed by atoms with Gasteiger partial charge in [-0.2, -0.15) is 0 Å². The maximum atomic E-state index is 10.7. The molecule has 2 heterocycles. The summed E-state index contributed by atoms with van der Waals surface area (Å²) in [5.74, 6) is -0.944. The Hall–Kier alpha value is -1.00. The third-order valence-electron chi connectivity index (χ3n) is 1.88. The minimum absolute atomic E-state index is 0.249. The molecule has 0 aliphatic rings. The van der Waals surface area contributed by atoms with E-state index in [0.717, 1.165) is 9.99 Å². The molecule has 3 nitrogen and oxygen atoms in total. The Balaban J connectivity index is 2.72. The van der Waals surface area contributed by atoms with Crippen molar-refractivity contribution in [3.63, 3.8) is 0 Å². The van der Waals surface area contributed by atoms with Crippen molar-refractivity contribution in [2.24, 2.45) is 0 Å². The van der Waals surface area contributed by atoms with Crippen LogP contribution in [0, 0.1) is 0 Å². The van der Waals surface area contributed by atoms with Gasteiger partial charge in [0.1, 0.15) is 0 Å². The lowest BCUT2D eigenvalue weighted by Crippen LogP contribution is -1.92. The van der Waals surface area contributed by atoms with Crippen molar-refractivity contribution in [3.05, 3.63) is 39.6 Å². The summed E-state index contributed by atoms with van der Waals surface area (Å²) >= 11 is 9.13. The van der Waals surface area contributed by atoms with E-state index in [1.54, 1.807) is 22.7 Å². The number of hydrogen-bond donors (Lipinski definition) is 1. The summed E-state index contributed by atoms with van der Waals surface area (Å²) in [7, 11) is 0. The SMILES string of the molecule is O=C(O)c1cc2cc(Br)c(Cl)cn2c1. The van der Waals surface area contributed by atoms with E-state index in [4.69, 9.17) is 16.7 Å². The first-order valence-electron chi connectivity index (χ1n) is 3.78. The van der Waals surface area contributed by atoms with E-state index in [1.165, 1.54) is 6.20 Å². The predicted molar refractivity (Wildman–Crippen MR) is 57.1 cm³/mol. The van der Waals surface area contributed by atoms with Gasteiger partial charge in [0, 0.05) is 22.4 Å². The first-order chi connectivity index (χ1) is 6.58. The van der Waals surface area contributed by atoms with Gasteiger partial charge in [0.25, 0.3) is 0 Å². The van der Waals surface area contributed by atoms with Gasteiger partial charge in [-0.25, -0.2) is 4.79 Å². The quantitative estimate of drug-likeness (QED) is 0.868. The molecule has 0 unspecified atom stereocenters. The molecule has 1 N–H and O–H groups in total. The standard InChI is InChI=1S/C9H5BrClNO2/c10-7-2-6-1-5(9(13)14)3-12(6)4-8(7)11/h1-4H,(H,13,14). The molecule has 0 bridgehead atoms. The summed E-state index contributed by atoms with van der Waals surface area (Å²) in [6, 6.07) is 3.36. The van der Waals surface area contributed by atoms with Gasteiger partial charge < -0.3 is 9.51 Å². The van der Waals surface area contributed by atoms with Crippen LogP contribution in [0.3, 0.4) is 0 Å². The molecule has 0 saturated heterocycles. The van der Waals surface area contributed by atoms with Gasteiger partial charge in [-0.15, -0.1) is 0 Å². The maximum absolute atomic E-state index is 10.7. The fourth-order valence-electron chi connectivity index (χ4n) is 1.22. The molecule has 5 heteroatoms. The minimum atomic E-state index is -0.944. The zero-order valence-electron chi connectivity index (χ0n) is 6.87. The molecule has 0 amide bonds. The van der Waals surface area contributed by atoms with E-state index in [-0.39, 0.29) is 5.56 Å². The van der Waals surface area contributed by atoms with E-state index in [1.807, 2.05) is 0 Å². The van der Waals surface area contributed by atoms with Crippen molar-refractivity contribution >= 4 is 39.0 Å². The lowest BCUT2D eigenvalue weighted by atomic mass is 10.3. The van der Waals surface area contributed by atoms with Crippen LogP contribution in [0.2, 0.25) is 5.02 Å². The van der Waals surface area contributed by atoms with Gasteiger partial charge in [-0.3, -0.25) is 0 Å². The number of pyridine rings is 1. The summed E-state index contributed by atoms with van der Waals surface area (Å²) in [4.78, 5) is 10.7. The Morgan fingerprint density at radius 2 is 2.14 bits per heavy atom. The molecular formula is C9H5BrClNO2. The van der Waals surface area contributed by atoms with Gasteiger partial charge in [0.15, 0.2) is 0 Å². The van der Waals surface area contributed by atoms with Gasteiger partial charge >= 0.3 is 5.97 Å². The van der Waals surface area contributed by atoms with E-state index < -0.39 is 5.97 Å². The van der Waals surface area contributed by atoms with Gasteiger partial charge in [0.2, 0.25) is 0 Å². The van der Waals surface area contributed by atoms with Crippen molar-refractivity contribution in [1.29, 1.82) is 0 Å². The molecular weight excluding hydrogens is 269 g/mol. The number of carbonyl (C=O) groups is 1. The van der Waals surface area contributed by atoms with E-state index in [2.05, 4.69) is 15.9 Å². The summed E-state index contributed by atoms with van der Waals surface area (Å²) in [6.45, 7) is 0.